The molecule has 0 aliphatic carbocycles. The predicted octanol–water partition coefficient (Wildman–Crippen LogP) is 2.95. The molecule has 0 aliphatic rings. The van der Waals surface area contributed by atoms with E-state index >= 15 is 0 Å². The van der Waals surface area contributed by atoms with Gasteiger partial charge in [-0.2, -0.15) is 0 Å². The minimum atomic E-state index is -1.22. The second kappa shape index (κ2) is 5.11. The van der Waals surface area contributed by atoms with Crippen LogP contribution in [-0.4, -0.2) is 16.1 Å². The van der Waals surface area contributed by atoms with E-state index in [1.54, 1.807) is 0 Å². The first-order chi connectivity index (χ1) is 8.97. The smallest absolute Gasteiger partial charge is 0.339 e. The van der Waals surface area contributed by atoms with Crippen LogP contribution in [0.2, 0.25) is 5.02 Å². The molecule has 0 bridgehead atoms. The Morgan fingerprint density at radius 1 is 1.37 bits per heavy atom. The molecule has 19 heavy (non-hydrogen) atoms. The molecule has 0 amide bonds. The zero-order chi connectivity index (χ0) is 14.0. The molecule has 1 aromatic carbocycles. The van der Waals surface area contributed by atoms with Gasteiger partial charge < -0.3 is 15.6 Å². The maximum absolute atomic E-state index is 12.9. The Hall–Kier alpha value is -2.34. The number of hydrogen-bond donors (Lipinski definition) is 2. The standard InChI is InChI=1S/C12H8ClFN2O3/c13-8-3-6(14)1-2-9(8)19-10-5-16-11(15)4-7(10)12(17)18/h1-5H,(H2,15,16)(H,17,18). The molecule has 3 N–H and O–H groups in total. The second-order valence-electron chi connectivity index (χ2n) is 3.59. The van der Waals surface area contributed by atoms with Crippen LogP contribution in [0.3, 0.4) is 0 Å². The van der Waals surface area contributed by atoms with E-state index in [4.69, 9.17) is 27.2 Å². The number of carboxylic acid groups (broad SMARTS) is 1. The van der Waals surface area contributed by atoms with Crippen LogP contribution in [0.5, 0.6) is 11.5 Å². The molecule has 98 valence electrons. The Labute approximate surface area is 112 Å². The average molecular weight is 283 g/mol. The molecule has 0 saturated heterocycles. The van der Waals surface area contributed by atoms with Crippen molar-refractivity contribution in [3.05, 3.63) is 46.9 Å². The number of nitrogens with two attached hydrogens (primary N) is 1. The molecule has 2 rings (SSSR count). The lowest BCUT2D eigenvalue weighted by molar-refractivity contribution is 0.0694. The van der Waals surface area contributed by atoms with Crippen molar-refractivity contribution in [1.29, 1.82) is 0 Å². The summed E-state index contributed by atoms with van der Waals surface area (Å²) in [5.41, 5.74) is 5.24. The highest BCUT2D eigenvalue weighted by atomic mass is 35.5. The molecule has 0 atom stereocenters. The van der Waals surface area contributed by atoms with Gasteiger partial charge in [-0.25, -0.2) is 14.2 Å². The van der Waals surface area contributed by atoms with Crippen molar-refractivity contribution in [2.24, 2.45) is 0 Å². The lowest BCUT2D eigenvalue weighted by Crippen LogP contribution is -2.03. The van der Waals surface area contributed by atoms with Crippen LogP contribution < -0.4 is 10.5 Å². The Balaban J connectivity index is 2.40. The van der Waals surface area contributed by atoms with Crippen LogP contribution in [0.1, 0.15) is 10.4 Å². The molecule has 1 heterocycles. The summed E-state index contributed by atoms with van der Waals surface area (Å²) >= 11 is 5.79. The van der Waals surface area contributed by atoms with Gasteiger partial charge in [0.1, 0.15) is 22.9 Å². The highest BCUT2D eigenvalue weighted by Crippen LogP contribution is 2.31. The monoisotopic (exact) mass is 282 g/mol. The van der Waals surface area contributed by atoms with E-state index < -0.39 is 11.8 Å². The van der Waals surface area contributed by atoms with Crippen molar-refractivity contribution < 1.29 is 19.0 Å². The number of hydrogen-bond acceptors (Lipinski definition) is 4. The van der Waals surface area contributed by atoms with Gasteiger partial charge >= 0.3 is 5.97 Å². The molecule has 0 saturated carbocycles. The first-order valence-electron chi connectivity index (χ1n) is 5.09. The Bertz CT molecular complexity index is 649. The van der Waals surface area contributed by atoms with Crippen LogP contribution in [0.4, 0.5) is 10.2 Å². The fourth-order valence-corrected chi connectivity index (χ4v) is 1.59. The highest BCUT2D eigenvalue weighted by Gasteiger charge is 2.14. The topological polar surface area (TPSA) is 85.4 Å². The van der Waals surface area contributed by atoms with Gasteiger partial charge in [-0.3, -0.25) is 0 Å². The lowest BCUT2D eigenvalue weighted by Gasteiger charge is -2.10. The molecular formula is C12H8ClFN2O3. The minimum Gasteiger partial charge on any atom is -0.478 e. The normalized spacial score (nSPS) is 10.2. The molecule has 0 radical (unpaired) electrons. The van der Waals surface area contributed by atoms with Crippen LogP contribution in [-0.2, 0) is 0 Å². The molecule has 0 aliphatic heterocycles. The van der Waals surface area contributed by atoms with E-state index in [2.05, 4.69) is 4.98 Å². The van der Waals surface area contributed by atoms with E-state index in [1.165, 1.54) is 12.3 Å². The number of carbonyl (C=O) groups is 1. The number of nitrogen functional groups attached to an aromatic ring is 1. The Morgan fingerprint density at radius 3 is 2.74 bits per heavy atom. The molecule has 0 unspecified atom stereocenters. The van der Waals surface area contributed by atoms with Crippen molar-refractivity contribution in [1.82, 2.24) is 4.98 Å². The third-order valence-electron chi connectivity index (χ3n) is 2.23. The van der Waals surface area contributed by atoms with Gasteiger partial charge in [-0.1, -0.05) is 11.6 Å². The summed E-state index contributed by atoms with van der Waals surface area (Å²) in [6, 6.07) is 4.66. The number of anilines is 1. The van der Waals surface area contributed by atoms with Gasteiger partial charge in [0.25, 0.3) is 0 Å². The van der Waals surface area contributed by atoms with Crippen molar-refractivity contribution in [3.63, 3.8) is 0 Å². The average Bonchev–Trinajstić information content (AvgIpc) is 2.34. The third kappa shape index (κ3) is 2.92. The Morgan fingerprint density at radius 2 is 2.11 bits per heavy atom. The number of pyridine rings is 1. The molecule has 5 nitrogen and oxygen atoms in total. The number of carboxylic acids is 1. The van der Waals surface area contributed by atoms with E-state index in [9.17, 15) is 9.18 Å². The fourth-order valence-electron chi connectivity index (χ4n) is 1.38. The van der Waals surface area contributed by atoms with Crippen molar-refractivity contribution in [3.8, 4) is 11.5 Å². The van der Waals surface area contributed by atoms with Crippen molar-refractivity contribution in [2.75, 3.05) is 5.73 Å². The number of halogens is 2. The van der Waals surface area contributed by atoms with Crippen LogP contribution in [0.15, 0.2) is 30.5 Å². The maximum atomic E-state index is 12.9. The van der Waals surface area contributed by atoms with Gasteiger partial charge in [-0.05, 0) is 24.3 Å². The number of rotatable bonds is 3. The van der Waals surface area contributed by atoms with E-state index in [0.29, 0.717) is 0 Å². The molecule has 0 spiro atoms. The van der Waals surface area contributed by atoms with Gasteiger partial charge in [-0.15, -0.1) is 0 Å². The summed E-state index contributed by atoms with van der Waals surface area (Å²) in [5, 5.41) is 9.05. The zero-order valence-corrected chi connectivity index (χ0v) is 10.2. The first-order valence-corrected chi connectivity index (χ1v) is 5.47. The molecular weight excluding hydrogens is 275 g/mol. The summed E-state index contributed by atoms with van der Waals surface area (Å²) in [7, 11) is 0. The summed E-state index contributed by atoms with van der Waals surface area (Å²) in [6.07, 6.45) is 1.17. The quantitative estimate of drug-likeness (QED) is 0.904. The summed E-state index contributed by atoms with van der Waals surface area (Å²) in [5.74, 6) is -1.60. The lowest BCUT2D eigenvalue weighted by atomic mass is 10.2. The van der Waals surface area contributed by atoms with Crippen molar-refractivity contribution in [2.45, 2.75) is 0 Å². The van der Waals surface area contributed by atoms with Gasteiger partial charge in [0, 0.05) is 0 Å². The van der Waals surface area contributed by atoms with Gasteiger partial charge in [0.2, 0.25) is 0 Å². The van der Waals surface area contributed by atoms with Crippen LogP contribution >= 0.6 is 11.6 Å². The summed E-state index contributed by atoms with van der Waals surface area (Å²) in [6.45, 7) is 0. The minimum absolute atomic E-state index is 0.0214. The number of ether oxygens (including phenoxy) is 1. The molecule has 1 aromatic heterocycles. The number of benzene rings is 1. The second-order valence-corrected chi connectivity index (χ2v) is 3.99. The summed E-state index contributed by atoms with van der Waals surface area (Å²) in [4.78, 5) is 14.8. The SMILES string of the molecule is Nc1cc(C(=O)O)c(Oc2ccc(F)cc2Cl)cn1. The first kappa shape index (κ1) is 13.1. The largest absolute Gasteiger partial charge is 0.478 e. The Kier molecular flexibility index (Phi) is 3.52. The zero-order valence-electron chi connectivity index (χ0n) is 9.43. The van der Waals surface area contributed by atoms with Gasteiger partial charge in [0.15, 0.2) is 5.75 Å². The van der Waals surface area contributed by atoms with E-state index in [-0.39, 0.29) is 27.9 Å². The van der Waals surface area contributed by atoms with Crippen LogP contribution in [0.25, 0.3) is 0 Å². The highest BCUT2D eigenvalue weighted by molar-refractivity contribution is 6.32. The maximum Gasteiger partial charge on any atom is 0.339 e. The van der Waals surface area contributed by atoms with Gasteiger partial charge in [0.05, 0.1) is 11.2 Å². The van der Waals surface area contributed by atoms with Crippen LogP contribution in [0, 0.1) is 5.82 Å². The van der Waals surface area contributed by atoms with Crippen molar-refractivity contribution >= 4 is 23.4 Å². The number of nitrogens with zero attached hydrogens (tertiary/aromatic N) is 1. The van der Waals surface area contributed by atoms with E-state index in [0.717, 1.165) is 18.2 Å². The summed E-state index contributed by atoms with van der Waals surface area (Å²) < 4.78 is 18.2. The number of aromatic carboxylic acids is 1. The fraction of sp³-hybridized carbons (Fsp3) is 0. The number of aromatic nitrogens is 1. The molecule has 0 fully saturated rings. The van der Waals surface area contributed by atoms with E-state index in [1.807, 2.05) is 0 Å². The molecule has 7 heteroatoms. The predicted molar refractivity (Wildman–Crippen MR) is 67.1 cm³/mol. The third-order valence-corrected chi connectivity index (χ3v) is 2.53. The molecule has 2 aromatic rings.